The summed E-state index contributed by atoms with van der Waals surface area (Å²) >= 11 is 0. The van der Waals surface area contributed by atoms with Gasteiger partial charge in [-0.05, 0) is 24.7 Å². The lowest BCUT2D eigenvalue weighted by Crippen LogP contribution is -2.20. The molecular formula is C9H11NO2. The van der Waals surface area contributed by atoms with Gasteiger partial charge in [-0.25, -0.2) is 0 Å². The Morgan fingerprint density at radius 1 is 1.67 bits per heavy atom. The summed E-state index contributed by atoms with van der Waals surface area (Å²) < 4.78 is 4.75. The number of hydrogen-bond donors (Lipinski definition) is 0. The average Bonchev–Trinajstić information content (AvgIpc) is 2.73. The maximum Gasteiger partial charge on any atom is 0.310 e. The van der Waals surface area contributed by atoms with Crippen molar-refractivity contribution in [1.29, 1.82) is 5.26 Å². The molecule has 0 bridgehead atoms. The first-order valence-corrected chi connectivity index (χ1v) is 4.32. The largest absolute Gasteiger partial charge is 0.450 e. The first kappa shape index (κ1) is 7.60. The van der Waals surface area contributed by atoms with Gasteiger partial charge in [0.05, 0.1) is 5.92 Å². The number of nitriles is 1. The minimum atomic E-state index is -0.156. The van der Waals surface area contributed by atoms with Gasteiger partial charge in [0.1, 0.15) is 6.07 Å². The van der Waals surface area contributed by atoms with Gasteiger partial charge in [0.2, 0.25) is 0 Å². The third kappa shape index (κ3) is 0.989. The van der Waals surface area contributed by atoms with Crippen molar-refractivity contribution >= 4 is 5.97 Å². The number of rotatable bonds is 2. The van der Waals surface area contributed by atoms with E-state index in [1.165, 1.54) is 19.3 Å². The highest BCUT2D eigenvalue weighted by Crippen LogP contribution is 2.65. The Kier molecular flexibility index (Phi) is 1.57. The fourth-order valence-electron chi connectivity index (χ4n) is 2.07. The van der Waals surface area contributed by atoms with Gasteiger partial charge in [-0.1, -0.05) is 6.42 Å². The summed E-state index contributed by atoms with van der Waals surface area (Å²) in [6.45, 7) is -0.0919. The van der Waals surface area contributed by atoms with Crippen molar-refractivity contribution in [3.8, 4) is 6.07 Å². The summed E-state index contributed by atoms with van der Waals surface area (Å²) in [5.74, 6) is -0.0316. The predicted molar refractivity (Wildman–Crippen MR) is 41.0 cm³/mol. The van der Waals surface area contributed by atoms with Gasteiger partial charge in [0, 0.05) is 0 Å². The molecule has 12 heavy (non-hydrogen) atoms. The molecule has 2 fully saturated rings. The van der Waals surface area contributed by atoms with Crippen LogP contribution in [0, 0.1) is 22.7 Å². The number of carbonyl (C=O) groups excluding carboxylic acids is 1. The maximum absolute atomic E-state index is 11.2. The number of esters is 1. The molecule has 3 nitrogen and oxygen atoms in total. The van der Waals surface area contributed by atoms with E-state index in [0.717, 1.165) is 6.42 Å². The van der Waals surface area contributed by atoms with Gasteiger partial charge >= 0.3 is 5.97 Å². The molecule has 0 aromatic rings. The summed E-state index contributed by atoms with van der Waals surface area (Å²) in [4.78, 5) is 11.2. The van der Waals surface area contributed by atoms with E-state index in [1.807, 2.05) is 0 Å². The number of hydrogen-bond acceptors (Lipinski definition) is 3. The van der Waals surface area contributed by atoms with E-state index in [2.05, 4.69) is 0 Å². The first-order chi connectivity index (χ1) is 5.78. The molecule has 2 rings (SSSR count). The first-order valence-electron chi connectivity index (χ1n) is 4.32. The van der Waals surface area contributed by atoms with Crippen LogP contribution in [0.3, 0.4) is 0 Å². The van der Waals surface area contributed by atoms with Gasteiger partial charge in [0.15, 0.2) is 6.61 Å². The Morgan fingerprint density at radius 2 is 2.42 bits per heavy atom. The summed E-state index contributed by atoms with van der Waals surface area (Å²) in [7, 11) is 0. The van der Waals surface area contributed by atoms with Crippen LogP contribution >= 0.6 is 0 Å². The quantitative estimate of drug-likeness (QED) is 0.578. The van der Waals surface area contributed by atoms with Crippen LogP contribution in [0.5, 0.6) is 0 Å². The highest BCUT2D eigenvalue weighted by molar-refractivity contribution is 5.77. The fraction of sp³-hybridized carbons (Fsp3) is 0.778. The van der Waals surface area contributed by atoms with Crippen LogP contribution in [0.15, 0.2) is 0 Å². The van der Waals surface area contributed by atoms with E-state index < -0.39 is 0 Å². The molecule has 0 aliphatic heterocycles. The molecule has 64 valence electrons. The molecule has 0 aromatic carbocycles. The van der Waals surface area contributed by atoms with Crippen molar-refractivity contribution in [2.45, 2.75) is 25.7 Å². The molecule has 0 amide bonds. The highest BCUT2D eigenvalue weighted by atomic mass is 16.5. The Morgan fingerprint density at radius 3 is 2.83 bits per heavy atom. The van der Waals surface area contributed by atoms with Crippen molar-refractivity contribution in [2.75, 3.05) is 6.61 Å². The molecule has 0 saturated heterocycles. The molecular weight excluding hydrogens is 154 g/mol. The zero-order chi connectivity index (χ0) is 8.60. The van der Waals surface area contributed by atoms with Gasteiger partial charge < -0.3 is 4.74 Å². The van der Waals surface area contributed by atoms with Crippen LogP contribution in [0.25, 0.3) is 0 Å². The van der Waals surface area contributed by atoms with E-state index >= 15 is 0 Å². The summed E-state index contributed by atoms with van der Waals surface area (Å²) in [6.07, 6.45) is 4.61. The topological polar surface area (TPSA) is 50.1 Å². The minimum absolute atomic E-state index is 0.0919. The Labute approximate surface area is 71.3 Å². The zero-order valence-corrected chi connectivity index (χ0v) is 6.88. The Hall–Kier alpha value is -1.04. The monoisotopic (exact) mass is 165 g/mol. The van der Waals surface area contributed by atoms with Crippen LogP contribution in [-0.2, 0) is 9.53 Å². The lowest BCUT2D eigenvalue weighted by molar-refractivity contribution is -0.145. The number of nitrogens with zero attached hydrogens (tertiary/aromatic N) is 1. The number of ether oxygens (including phenoxy) is 1. The Balaban J connectivity index is 1.80. The molecule has 2 saturated carbocycles. The summed E-state index contributed by atoms with van der Waals surface area (Å²) in [5.41, 5.74) is 0.326. The van der Waals surface area contributed by atoms with Crippen LogP contribution in [0.2, 0.25) is 0 Å². The highest BCUT2D eigenvalue weighted by Gasteiger charge is 2.61. The van der Waals surface area contributed by atoms with Crippen molar-refractivity contribution < 1.29 is 9.53 Å². The Bertz CT molecular complexity index is 250. The predicted octanol–water partition coefficient (Wildman–Crippen LogP) is 1.24. The molecule has 3 heteroatoms. The normalized spacial score (nSPS) is 28.8. The second-order valence-electron chi connectivity index (χ2n) is 3.74. The fourth-order valence-corrected chi connectivity index (χ4v) is 2.07. The van der Waals surface area contributed by atoms with Crippen LogP contribution in [0.4, 0.5) is 0 Å². The molecule has 0 aromatic heterocycles. The van der Waals surface area contributed by atoms with E-state index in [-0.39, 0.29) is 18.5 Å². The molecule has 1 atom stereocenters. The standard InChI is InChI=1S/C9H11NO2/c10-4-5-12-8(11)7-6-9(7)2-1-3-9/h7H,1-3,5-6H2. The lowest BCUT2D eigenvalue weighted by atomic mass is 9.80. The summed E-state index contributed by atoms with van der Waals surface area (Å²) in [6, 6.07) is 1.80. The van der Waals surface area contributed by atoms with Crippen LogP contribution < -0.4 is 0 Å². The molecule has 0 radical (unpaired) electrons. The molecule has 0 N–H and O–H groups in total. The molecule has 1 spiro atoms. The van der Waals surface area contributed by atoms with Crippen LogP contribution in [-0.4, -0.2) is 12.6 Å². The average molecular weight is 165 g/mol. The third-order valence-corrected chi connectivity index (χ3v) is 3.10. The van der Waals surface area contributed by atoms with E-state index in [0.29, 0.717) is 5.41 Å². The van der Waals surface area contributed by atoms with Crippen molar-refractivity contribution in [2.24, 2.45) is 11.3 Å². The van der Waals surface area contributed by atoms with Gasteiger partial charge in [-0.3, -0.25) is 4.79 Å². The second-order valence-corrected chi connectivity index (χ2v) is 3.74. The molecule has 2 aliphatic rings. The minimum Gasteiger partial charge on any atom is -0.450 e. The van der Waals surface area contributed by atoms with E-state index in [9.17, 15) is 4.79 Å². The van der Waals surface area contributed by atoms with Gasteiger partial charge in [0.25, 0.3) is 0 Å². The van der Waals surface area contributed by atoms with Crippen molar-refractivity contribution in [3.05, 3.63) is 0 Å². The van der Waals surface area contributed by atoms with Gasteiger partial charge in [-0.15, -0.1) is 0 Å². The SMILES string of the molecule is N#CCOC(=O)C1CC12CCC2. The summed E-state index contributed by atoms with van der Waals surface area (Å²) in [5, 5.41) is 8.19. The lowest BCUT2D eigenvalue weighted by Gasteiger charge is -2.25. The molecule has 2 aliphatic carbocycles. The maximum atomic E-state index is 11.2. The van der Waals surface area contributed by atoms with Crippen LogP contribution in [0.1, 0.15) is 25.7 Å². The second kappa shape index (κ2) is 2.48. The van der Waals surface area contributed by atoms with E-state index in [1.54, 1.807) is 6.07 Å². The van der Waals surface area contributed by atoms with Crippen molar-refractivity contribution in [3.63, 3.8) is 0 Å². The third-order valence-electron chi connectivity index (χ3n) is 3.10. The smallest absolute Gasteiger partial charge is 0.310 e. The zero-order valence-electron chi connectivity index (χ0n) is 6.88. The van der Waals surface area contributed by atoms with Gasteiger partial charge in [-0.2, -0.15) is 5.26 Å². The molecule has 0 heterocycles. The number of carbonyl (C=O) groups is 1. The molecule has 1 unspecified atom stereocenters. The van der Waals surface area contributed by atoms with E-state index in [4.69, 9.17) is 10.00 Å². The van der Waals surface area contributed by atoms with Crippen molar-refractivity contribution in [1.82, 2.24) is 0 Å².